The van der Waals surface area contributed by atoms with Gasteiger partial charge in [-0.3, -0.25) is 0 Å². The Kier molecular flexibility index (Phi) is 6.74. The van der Waals surface area contributed by atoms with E-state index in [2.05, 4.69) is 31.9 Å². The van der Waals surface area contributed by atoms with E-state index in [1.165, 1.54) is 0 Å². The average Bonchev–Trinajstić information content (AvgIpc) is 2.60. The zero-order chi connectivity index (χ0) is 16.7. The number of halogens is 2. The van der Waals surface area contributed by atoms with Gasteiger partial charge < -0.3 is 4.74 Å². The first kappa shape index (κ1) is 17.6. The number of hydrogen-bond acceptors (Lipinski definition) is 3. The minimum absolute atomic E-state index is 0.300. The van der Waals surface area contributed by atoms with Crippen LogP contribution in [0, 0.1) is 0 Å². The molecule has 0 fully saturated rings. The van der Waals surface area contributed by atoms with E-state index in [4.69, 9.17) is 4.74 Å². The molecule has 0 unspecified atom stereocenters. The minimum Gasteiger partial charge on any atom is -0.386 e. The van der Waals surface area contributed by atoms with Crippen LogP contribution in [0.5, 0.6) is 0 Å². The summed E-state index contributed by atoms with van der Waals surface area (Å²) in [5, 5.41) is 0.811. The Morgan fingerprint density at radius 3 is 2.26 bits per heavy atom. The van der Waals surface area contributed by atoms with Crippen molar-refractivity contribution in [2.24, 2.45) is 0 Å². The molecule has 23 heavy (non-hydrogen) atoms. The summed E-state index contributed by atoms with van der Waals surface area (Å²) in [6.45, 7) is 0. The Hall–Kier alpha value is -1.72. The van der Waals surface area contributed by atoms with E-state index in [0.717, 1.165) is 11.1 Å². The van der Waals surface area contributed by atoms with Gasteiger partial charge >= 0.3 is 11.9 Å². The molecule has 0 bridgehead atoms. The van der Waals surface area contributed by atoms with Gasteiger partial charge in [-0.2, -0.15) is 0 Å². The van der Waals surface area contributed by atoms with E-state index >= 15 is 0 Å². The van der Waals surface area contributed by atoms with Crippen LogP contribution in [-0.2, 0) is 14.9 Å². The van der Waals surface area contributed by atoms with Gasteiger partial charge in [0.05, 0.1) is 5.56 Å². The van der Waals surface area contributed by atoms with Gasteiger partial charge in [-0.15, -0.1) is 0 Å². The zero-order valence-corrected chi connectivity index (χ0v) is 15.3. The third kappa shape index (κ3) is 4.88. The molecule has 2 aromatic rings. The molecular weight excluding hydrogens is 424 g/mol. The summed E-state index contributed by atoms with van der Waals surface area (Å²) in [5.74, 6) is -1.30. The smallest absolute Gasteiger partial charge is 0.346 e. The highest BCUT2D eigenvalue weighted by atomic mass is 79.9. The van der Waals surface area contributed by atoms with Gasteiger partial charge in [0.25, 0.3) is 0 Å². The van der Waals surface area contributed by atoms with Crippen LogP contribution in [-0.4, -0.2) is 17.3 Å². The maximum Gasteiger partial charge on any atom is 0.346 e. The van der Waals surface area contributed by atoms with Crippen LogP contribution < -0.4 is 0 Å². The molecule has 0 aliphatic carbocycles. The van der Waals surface area contributed by atoms with E-state index < -0.39 is 11.9 Å². The zero-order valence-electron chi connectivity index (χ0n) is 12.2. The van der Waals surface area contributed by atoms with E-state index in [0.29, 0.717) is 21.8 Å². The van der Waals surface area contributed by atoms with Gasteiger partial charge in [0.15, 0.2) is 0 Å². The molecule has 118 valence electrons. The molecule has 0 aromatic heterocycles. The fourth-order valence-electron chi connectivity index (χ4n) is 1.94. The van der Waals surface area contributed by atoms with Crippen molar-refractivity contribution in [3.63, 3.8) is 0 Å². The van der Waals surface area contributed by atoms with Crippen molar-refractivity contribution in [2.45, 2.75) is 5.33 Å². The first-order chi connectivity index (χ1) is 11.2. The molecule has 0 saturated carbocycles. The van der Waals surface area contributed by atoms with Gasteiger partial charge in [-0.25, -0.2) is 9.59 Å². The predicted octanol–water partition coefficient (Wildman–Crippen LogP) is 4.74. The van der Waals surface area contributed by atoms with Crippen molar-refractivity contribution in [3.05, 3.63) is 76.9 Å². The number of esters is 2. The number of carbonyl (C=O) groups is 2. The number of ether oxygens (including phenoxy) is 1. The Balaban J connectivity index is 2.16. The summed E-state index contributed by atoms with van der Waals surface area (Å²) in [6, 6.07) is 16.4. The number of benzene rings is 2. The Labute approximate surface area is 151 Å². The summed E-state index contributed by atoms with van der Waals surface area (Å²) in [4.78, 5) is 24.4. The number of hydrogen-bond donors (Lipinski definition) is 0. The molecule has 5 heteroatoms. The summed E-state index contributed by atoms with van der Waals surface area (Å²) in [6.07, 6.45) is 1.70. The molecule has 0 heterocycles. The fraction of sp³-hybridized carbons (Fsp3) is 0.111. The molecule has 2 rings (SSSR count). The van der Waals surface area contributed by atoms with E-state index in [1.807, 2.05) is 36.4 Å². The van der Waals surface area contributed by atoms with Crippen molar-refractivity contribution >= 4 is 49.9 Å². The number of rotatable bonds is 5. The van der Waals surface area contributed by atoms with Crippen LogP contribution in [0.2, 0.25) is 0 Å². The topological polar surface area (TPSA) is 43.4 Å². The highest BCUT2D eigenvalue weighted by Crippen LogP contribution is 2.16. The third-order valence-electron chi connectivity index (χ3n) is 3.11. The molecule has 0 radical (unpaired) electrons. The third-order valence-corrected chi connectivity index (χ3v) is 4.32. The van der Waals surface area contributed by atoms with Crippen molar-refractivity contribution in [1.29, 1.82) is 0 Å². The summed E-state index contributed by atoms with van der Waals surface area (Å²) in [5.41, 5.74) is 2.40. The molecule has 2 aromatic carbocycles. The van der Waals surface area contributed by atoms with Crippen LogP contribution in [0.1, 0.15) is 21.5 Å². The lowest BCUT2D eigenvalue weighted by atomic mass is 10.1. The molecule has 0 N–H and O–H groups in total. The first-order valence-corrected chi connectivity index (χ1v) is 9.12. The van der Waals surface area contributed by atoms with Gasteiger partial charge in [0.2, 0.25) is 0 Å². The molecule has 0 aliphatic heterocycles. The summed E-state index contributed by atoms with van der Waals surface area (Å²) >= 11 is 6.58. The van der Waals surface area contributed by atoms with Gasteiger partial charge in [-0.05, 0) is 23.3 Å². The molecule has 3 nitrogen and oxygen atoms in total. The van der Waals surface area contributed by atoms with Gasteiger partial charge in [-0.1, -0.05) is 80.4 Å². The molecule has 0 saturated heterocycles. The quantitative estimate of drug-likeness (QED) is 0.293. The van der Waals surface area contributed by atoms with Crippen molar-refractivity contribution in [3.8, 4) is 0 Å². The Bertz CT molecular complexity index is 724. The lowest BCUT2D eigenvalue weighted by molar-refractivity contribution is -0.133. The van der Waals surface area contributed by atoms with Gasteiger partial charge in [0.1, 0.15) is 0 Å². The molecule has 0 spiro atoms. The molecule has 0 amide bonds. The normalized spacial score (nSPS) is 11.1. The maximum atomic E-state index is 12.2. The average molecular weight is 438 g/mol. The second kappa shape index (κ2) is 8.79. The monoisotopic (exact) mass is 436 g/mol. The fourth-order valence-corrected chi connectivity index (χ4v) is 2.82. The van der Waals surface area contributed by atoms with E-state index in [9.17, 15) is 9.59 Å². The number of alkyl halides is 2. The first-order valence-electron chi connectivity index (χ1n) is 6.87. The van der Waals surface area contributed by atoms with Crippen LogP contribution in [0.25, 0.3) is 6.08 Å². The molecular formula is C18H14Br2O3. The van der Waals surface area contributed by atoms with E-state index in [1.54, 1.807) is 24.3 Å². The lowest BCUT2D eigenvalue weighted by Crippen LogP contribution is -2.16. The van der Waals surface area contributed by atoms with Crippen molar-refractivity contribution in [2.75, 3.05) is 5.33 Å². The van der Waals surface area contributed by atoms with Crippen LogP contribution in [0.15, 0.2) is 60.2 Å². The second-order valence-electron chi connectivity index (χ2n) is 4.68. The second-order valence-corrected chi connectivity index (χ2v) is 5.80. The highest BCUT2D eigenvalue weighted by molar-refractivity contribution is 9.09. The Morgan fingerprint density at radius 2 is 1.61 bits per heavy atom. The maximum absolute atomic E-state index is 12.2. The SMILES string of the molecule is O=C(OC(=O)c1ccccc1CBr)/C(=C/c1ccccc1)CBr. The van der Waals surface area contributed by atoms with E-state index in [-0.39, 0.29) is 0 Å². The van der Waals surface area contributed by atoms with Crippen molar-refractivity contribution < 1.29 is 14.3 Å². The highest BCUT2D eigenvalue weighted by Gasteiger charge is 2.18. The lowest BCUT2D eigenvalue weighted by Gasteiger charge is -2.07. The predicted molar refractivity (Wildman–Crippen MR) is 97.7 cm³/mol. The Morgan fingerprint density at radius 1 is 0.957 bits per heavy atom. The number of carbonyl (C=O) groups excluding carboxylic acids is 2. The van der Waals surface area contributed by atoms with Crippen molar-refractivity contribution in [1.82, 2.24) is 0 Å². The summed E-state index contributed by atoms with van der Waals surface area (Å²) in [7, 11) is 0. The molecule has 0 aliphatic rings. The minimum atomic E-state index is -0.653. The standard InChI is InChI=1S/C18H14Br2O3/c19-11-14-8-4-5-9-16(14)18(22)23-17(21)15(12-20)10-13-6-2-1-3-7-13/h1-10H,11-12H2/b15-10+. The van der Waals surface area contributed by atoms with Crippen LogP contribution >= 0.6 is 31.9 Å². The van der Waals surface area contributed by atoms with Gasteiger partial charge in [0, 0.05) is 16.2 Å². The largest absolute Gasteiger partial charge is 0.386 e. The molecule has 0 atom stereocenters. The van der Waals surface area contributed by atoms with Crippen LogP contribution in [0.3, 0.4) is 0 Å². The summed E-state index contributed by atoms with van der Waals surface area (Å²) < 4.78 is 5.01. The van der Waals surface area contributed by atoms with Crippen LogP contribution in [0.4, 0.5) is 0 Å².